The summed E-state index contributed by atoms with van der Waals surface area (Å²) in [6.45, 7) is 5.17. The summed E-state index contributed by atoms with van der Waals surface area (Å²) in [5, 5.41) is 0. The van der Waals surface area contributed by atoms with Crippen molar-refractivity contribution in [2.45, 2.75) is 20.3 Å². The Balaban J connectivity index is 2.17. The van der Waals surface area contributed by atoms with Gasteiger partial charge in [0.1, 0.15) is 11.5 Å². The predicted molar refractivity (Wildman–Crippen MR) is 82.3 cm³/mol. The van der Waals surface area contributed by atoms with Crippen LogP contribution in [0.1, 0.15) is 36.2 Å². The fourth-order valence-corrected chi connectivity index (χ4v) is 2.67. The molecule has 21 heavy (non-hydrogen) atoms. The van der Waals surface area contributed by atoms with Gasteiger partial charge in [-0.1, -0.05) is 31.2 Å². The predicted octanol–water partition coefficient (Wildman–Crippen LogP) is 4.09. The van der Waals surface area contributed by atoms with Gasteiger partial charge in [0.05, 0.1) is 13.2 Å². The zero-order chi connectivity index (χ0) is 14.8. The van der Waals surface area contributed by atoms with E-state index in [0.717, 1.165) is 28.9 Å². The molecule has 1 aliphatic rings. The summed E-state index contributed by atoms with van der Waals surface area (Å²) >= 11 is 0. The first-order chi connectivity index (χ1) is 10.3. The lowest BCUT2D eigenvalue weighted by Crippen LogP contribution is -2.01. The van der Waals surface area contributed by atoms with Crippen LogP contribution in [0, 0.1) is 0 Å². The zero-order valence-corrected chi connectivity index (χ0v) is 12.3. The topological polar surface area (TPSA) is 35.5 Å². The fourth-order valence-electron chi connectivity index (χ4n) is 2.67. The van der Waals surface area contributed by atoms with Crippen molar-refractivity contribution >= 4 is 5.78 Å². The molecule has 1 aliphatic carbocycles. The maximum Gasteiger partial charge on any atom is 0.194 e. The van der Waals surface area contributed by atoms with E-state index in [2.05, 4.69) is 6.92 Å². The number of carbonyl (C=O) groups excluding carboxylic acids is 1. The SMILES string of the molecule is CCCOc1cc(OCC)cc2c1-c1ccccc1C2=O. The minimum absolute atomic E-state index is 0.0449. The van der Waals surface area contributed by atoms with E-state index < -0.39 is 0 Å². The molecule has 0 saturated carbocycles. The largest absolute Gasteiger partial charge is 0.494 e. The van der Waals surface area contributed by atoms with Crippen molar-refractivity contribution in [2.24, 2.45) is 0 Å². The van der Waals surface area contributed by atoms with Crippen LogP contribution < -0.4 is 9.47 Å². The molecule has 0 bridgehead atoms. The fraction of sp³-hybridized carbons (Fsp3) is 0.278. The van der Waals surface area contributed by atoms with Gasteiger partial charge in [-0.05, 0) is 25.0 Å². The second kappa shape index (κ2) is 5.60. The highest BCUT2D eigenvalue weighted by molar-refractivity contribution is 6.22. The Labute approximate surface area is 124 Å². The smallest absolute Gasteiger partial charge is 0.194 e. The minimum Gasteiger partial charge on any atom is -0.494 e. The van der Waals surface area contributed by atoms with Crippen molar-refractivity contribution in [1.82, 2.24) is 0 Å². The third-order valence-corrected chi connectivity index (χ3v) is 3.53. The Morgan fingerprint density at radius 2 is 1.71 bits per heavy atom. The Bertz CT molecular complexity index is 689. The first-order valence-corrected chi connectivity index (χ1v) is 7.34. The van der Waals surface area contributed by atoms with Gasteiger partial charge in [-0.15, -0.1) is 0 Å². The van der Waals surface area contributed by atoms with Gasteiger partial charge in [0.25, 0.3) is 0 Å². The second-order valence-electron chi connectivity index (χ2n) is 5.00. The van der Waals surface area contributed by atoms with E-state index in [1.165, 1.54) is 0 Å². The average molecular weight is 282 g/mol. The molecule has 0 N–H and O–H groups in total. The molecule has 3 nitrogen and oxygen atoms in total. The summed E-state index contributed by atoms with van der Waals surface area (Å²) in [7, 11) is 0. The standard InChI is InChI=1S/C18H18O3/c1-3-9-21-16-11-12(20-4-2)10-15-17(16)13-7-5-6-8-14(13)18(15)19/h5-8,10-11H,3-4,9H2,1-2H3. The highest BCUT2D eigenvalue weighted by Crippen LogP contribution is 2.44. The Morgan fingerprint density at radius 3 is 2.43 bits per heavy atom. The van der Waals surface area contributed by atoms with E-state index >= 15 is 0 Å². The van der Waals surface area contributed by atoms with Gasteiger partial charge in [-0.2, -0.15) is 0 Å². The minimum atomic E-state index is 0.0449. The molecule has 108 valence electrons. The number of hydrogen-bond donors (Lipinski definition) is 0. The van der Waals surface area contributed by atoms with E-state index in [1.807, 2.05) is 43.3 Å². The normalized spacial score (nSPS) is 12.0. The summed E-state index contributed by atoms with van der Waals surface area (Å²) in [5.74, 6) is 1.46. The van der Waals surface area contributed by atoms with E-state index in [4.69, 9.17) is 9.47 Å². The van der Waals surface area contributed by atoms with Crippen LogP contribution in [0.25, 0.3) is 11.1 Å². The molecule has 0 heterocycles. The molecule has 0 aliphatic heterocycles. The maximum absolute atomic E-state index is 12.6. The molecule has 0 aromatic heterocycles. The first kappa shape index (κ1) is 13.7. The molecule has 0 spiro atoms. The van der Waals surface area contributed by atoms with Crippen LogP contribution in [0.5, 0.6) is 11.5 Å². The van der Waals surface area contributed by atoms with Crippen molar-refractivity contribution in [1.29, 1.82) is 0 Å². The Morgan fingerprint density at radius 1 is 0.952 bits per heavy atom. The highest BCUT2D eigenvalue weighted by atomic mass is 16.5. The zero-order valence-electron chi connectivity index (χ0n) is 12.3. The van der Waals surface area contributed by atoms with E-state index in [1.54, 1.807) is 0 Å². The van der Waals surface area contributed by atoms with Gasteiger partial charge in [0.2, 0.25) is 0 Å². The van der Waals surface area contributed by atoms with Gasteiger partial charge < -0.3 is 9.47 Å². The molecule has 3 rings (SSSR count). The second-order valence-corrected chi connectivity index (χ2v) is 5.00. The first-order valence-electron chi connectivity index (χ1n) is 7.34. The molecule has 2 aromatic rings. The van der Waals surface area contributed by atoms with Crippen molar-refractivity contribution < 1.29 is 14.3 Å². The van der Waals surface area contributed by atoms with Gasteiger partial charge >= 0.3 is 0 Å². The number of fused-ring (bicyclic) bond motifs is 3. The van der Waals surface area contributed by atoms with E-state index in [9.17, 15) is 4.79 Å². The van der Waals surface area contributed by atoms with Crippen LogP contribution in [0.4, 0.5) is 0 Å². The van der Waals surface area contributed by atoms with Gasteiger partial charge in [0, 0.05) is 22.8 Å². The number of carbonyl (C=O) groups is 1. The summed E-state index contributed by atoms with van der Waals surface area (Å²) in [6, 6.07) is 11.4. The van der Waals surface area contributed by atoms with Crippen LogP contribution in [0.3, 0.4) is 0 Å². The molecular formula is C18H18O3. The van der Waals surface area contributed by atoms with Crippen LogP contribution >= 0.6 is 0 Å². The number of hydrogen-bond acceptors (Lipinski definition) is 3. The van der Waals surface area contributed by atoms with E-state index in [-0.39, 0.29) is 5.78 Å². The molecule has 0 saturated heterocycles. The lowest BCUT2D eigenvalue weighted by atomic mass is 10.0. The quantitative estimate of drug-likeness (QED) is 0.707. The Kier molecular flexibility index (Phi) is 3.65. The molecule has 0 amide bonds. The lowest BCUT2D eigenvalue weighted by molar-refractivity contribution is 0.104. The van der Waals surface area contributed by atoms with Crippen LogP contribution in [-0.2, 0) is 0 Å². The van der Waals surface area contributed by atoms with Gasteiger partial charge in [0.15, 0.2) is 5.78 Å². The summed E-state index contributed by atoms with van der Waals surface area (Å²) in [6.07, 6.45) is 0.920. The van der Waals surface area contributed by atoms with Crippen molar-refractivity contribution in [2.75, 3.05) is 13.2 Å². The summed E-state index contributed by atoms with van der Waals surface area (Å²) in [4.78, 5) is 12.6. The lowest BCUT2D eigenvalue weighted by Gasteiger charge is -2.13. The number of ether oxygens (including phenoxy) is 2. The Hall–Kier alpha value is -2.29. The van der Waals surface area contributed by atoms with Crippen molar-refractivity contribution in [3.8, 4) is 22.6 Å². The third kappa shape index (κ3) is 2.29. The molecule has 0 atom stereocenters. The highest BCUT2D eigenvalue weighted by Gasteiger charge is 2.30. The monoisotopic (exact) mass is 282 g/mol. The summed E-state index contributed by atoms with van der Waals surface area (Å²) < 4.78 is 11.4. The van der Waals surface area contributed by atoms with Crippen LogP contribution in [0.15, 0.2) is 36.4 Å². The van der Waals surface area contributed by atoms with Crippen LogP contribution in [-0.4, -0.2) is 19.0 Å². The molecule has 2 aromatic carbocycles. The molecular weight excluding hydrogens is 264 g/mol. The number of ketones is 1. The van der Waals surface area contributed by atoms with Crippen molar-refractivity contribution in [3.63, 3.8) is 0 Å². The van der Waals surface area contributed by atoms with Gasteiger partial charge in [-0.25, -0.2) is 0 Å². The van der Waals surface area contributed by atoms with Gasteiger partial charge in [-0.3, -0.25) is 4.79 Å². The molecule has 0 radical (unpaired) electrons. The summed E-state index contributed by atoms with van der Waals surface area (Å²) in [5.41, 5.74) is 3.26. The third-order valence-electron chi connectivity index (χ3n) is 3.53. The van der Waals surface area contributed by atoms with Crippen molar-refractivity contribution in [3.05, 3.63) is 47.5 Å². The molecule has 0 fully saturated rings. The average Bonchev–Trinajstić information content (AvgIpc) is 2.79. The molecule has 3 heteroatoms. The molecule has 0 unspecified atom stereocenters. The van der Waals surface area contributed by atoms with Crippen LogP contribution in [0.2, 0.25) is 0 Å². The maximum atomic E-state index is 12.6. The van der Waals surface area contributed by atoms with E-state index in [0.29, 0.717) is 24.5 Å². The number of rotatable bonds is 5. The number of benzene rings is 2.